The SMILES string of the molecule is CCN(CC)c1ccc(C2(C=C(c3c(C)n(CC)c4ccccc34)c3c(C)n(CC)c4ccccc34)C=CC=C3C(=O)OCC32)cc1. The highest BCUT2D eigenvalue weighted by atomic mass is 16.5. The van der Waals surface area contributed by atoms with Gasteiger partial charge in [-0.2, -0.15) is 0 Å². The Morgan fingerprint density at radius 2 is 1.38 bits per heavy atom. The number of carbonyl (C=O) groups excluding carboxylic acids is 1. The summed E-state index contributed by atoms with van der Waals surface area (Å²) in [6.45, 7) is 17.4. The van der Waals surface area contributed by atoms with E-state index in [0.717, 1.165) is 37.3 Å². The summed E-state index contributed by atoms with van der Waals surface area (Å²) in [5.41, 5.74) is 11.2. The van der Waals surface area contributed by atoms with Crippen LogP contribution in [0.25, 0.3) is 27.4 Å². The number of esters is 1. The van der Waals surface area contributed by atoms with Crippen LogP contribution in [0.2, 0.25) is 0 Å². The Morgan fingerprint density at radius 1 is 0.830 bits per heavy atom. The van der Waals surface area contributed by atoms with E-state index in [9.17, 15) is 4.79 Å². The van der Waals surface area contributed by atoms with Crippen LogP contribution in [-0.4, -0.2) is 34.8 Å². The quantitative estimate of drug-likeness (QED) is 0.154. The molecule has 0 N–H and O–H groups in total. The fourth-order valence-corrected chi connectivity index (χ4v) is 8.43. The number of fused-ring (bicyclic) bond motifs is 3. The molecule has 240 valence electrons. The van der Waals surface area contributed by atoms with Gasteiger partial charge in [0.05, 0.1) is 0 Å². The molecule has 1 fully saturated rings. The molecule has 1 aliphatic carbocycles. The highest BCUT2D eigenvalue weighted by Gasteiger charge is 2.47. The number of cyclic esters (lactones) is 1. The first-order valence-corrected chi connectivity index (χ1v) is 17.2. The molecule has 5 nitrogen and oxygen atoms in total. The highest BCUT2D eigenvalue weighted by molar-refractivity contribution is 6.06. The molecule has 0 amide bonds. The van der Waals surface area contributed by atoms with Crippen molar-refractivity contribution in [2.24, 2.45) is 5.92 Å². The lowest BCUT2D eigenvalue weighted by molar-refractivity contribution is -0.135. The van der Waals surface area contributed by atoms with Gasteiger partial charge in [-0.25, -0.2) is 4.79 Å². The second kappa shape index (κ2) is 12.1. The zero-order chi connectivity index (χ0) is 32.9. The average Bonchev–Trinajstić information content (AvgIpc) is 3.72. The Balaban J connectivity index is 1.60. The fraction of sp³-hybridized carbons (Fsp3) is 0.310. The van der Waals surface area contributed by atoms with Gasteiger partial charge in [0.15, 0.2) is 0 Å². The maximum Gasteiger partial charge on any atom is 0.334 e. The molecule has 3 aromatic carbocycles. The molecule has 1 saturated heterocycles. The van der Waals surface area contributed by atoms with Crippen molar-refractivity contribution in [1.29, 1.82) is 0 Å². The lowest BCUT2D eigenvalue weighted by Crippen LogP contribution is -2.35. The molecule has 0 saturated carbocycles. The van der Waals surface area contributed by atoms with Gasteiger partial charge in [0, 0.05) is 93.1 Å². The van der Waals surface area contributed by atoms with Crippen molar-refractivity contribution in [3.63, 3.8) is 0 Å². The Morgan fingerprint density at radius 3 is 1.91 bits per heavy atom. The van der Waals surface area contributed by atoms with E-state index in [4.69, 9.17) is 4.74 Å². The van der Waals surface area contributed by atoms with Crippen LogP contribution in [0.5, 0.6) is 0 Å². The maximum atomic E-state index is 13.2. The Labute approximate surface area is 278 Å². The molecule has 0 radical (unpaired) electrons. The molecule has 0 spiro atoms. The van der Waals surface area contributed by atoms with Crippen LogP contribution >= 0.6 is 0 Å². The number of carbonyl (C=O) groups is 1. The van der Waals surface area contributed by atoms with Gasteiger partial charge in [0.2, 0.25) is 0 Å². The number of ether oxygens (including phenoxy) is 1. The van der Waals surface area contributed by atoms with E-state index in [0.29, 0.717) is 6.61 Å². The van der Waals surface area contributed by atoms with Gasteiger partial charge >= 0.3 is 5.97 Å². The minimum absolute atomic E-state index is 0.144. The van der Waals surface area contributed by atoms with Crippen LogP contribution in [0.4, 0.5) is 5.69 Å². The summed E-state index contributed by atoms with van der Waals surface area (Å²) < 4.78 is 10.7. The summed E-state index contributed by atoms with van der Waals surface area (Å²) in [6, 6.07) is 26.6. The first-order chi connectivity index (χ1) is 22.9. The van der Waals surface area contributed by atoms with Crippen molar-refractivity contribution in [2.45, 2.75) is 60.0 Å². The second-order valence-electron chi connectivity index (χ2n) is 12.8. The molecule has 7 rings (SSSR count). The minimum atomic E-state index is -0.614. The first-order valence-electron chi connectivity index (χ1n) is 17.2. The Hall–Kier alpha value is -4.77. The van der Waals surface area contributed by atoms with Crippen LogP contribution in [0, 0.1) is 19.8 Å². The third kappa shape index (κ3) is 4.70. The number of hydrogen-bond donors (Lipinski definition) is 0. The van der Waals surface area contributed by atoms with Crippen molar-refractivity contribution in [2.75, 3.05) is 24.6 Å². The molecule has 47 heavy (non-hydrogen) atoms. The van der Waals surface area contributed by atoms with Gasteiger partial charge in [-0.3, -0.25) is 0 Å². The third-order valence-electron chi connectivity index (χ3n) is 10.7. The van der Waals surface area contributed by atoms with Crippen molar-refractivity contribution < 1.29 is 9.53 Å². The van der Waals surface area contributed by atoms with E-state index >= 15 is 0 Å². The molecule has 2 atom stereocenters. The minimum Gasteiger partial charge on any atom is -0.462 e. The number of nitrogens with zero attached hydrogens (tertiary/aromatic N) is 3. The predicted molar refractivity (Wildman–Crippen MR) is 195 cm³/mol. The molecule has 3 heterocycles. The summed E-state index contributed by atoms with van der Waals surface area (Å²) in [7, 11) is 0. The lowest BCUT2D eigenvalue weighted by atomic mass is 9.64. The Bertz CT molecular complexity index is 1990. The van der Waals surface area contributed by atoms with Gasteiger partial charge in [-0.05, 0) is 76.9 Å². The normalized spacial score (nSPS) is 18.8. The van der Waals surface area contributed by atoms with Crippen LogP contribution in [0.3, 0.4) is 0 Å². The van der Waals surface area contributed by atoms with Crippen LogP contribution in [0.15, 0.2) is 103 Å². The first kappa shape index (κ1) is 30.9. The van der Waals surface area contributed by atoms with Crippen molar-refractivity contribution in [3.8, 4) is 0 Å². The topological polar surface area (TPSA) is 39.4 Å². The lowest BCUT2D eigenvalue weighted by Gasteiger charge is -2.37. The molecular weight excluding hydrogens is 578 g/mol. The average molecular weight is 624 g/mol. The molecular formula is C42H45N3O2. The largest absolute Gasteiger partial charge is 0.462 e. The molecule has 2 aromatic heterocycles. The number of aryl methyl sites for hydroxylation is 2. The standard InChI is InChI=1S/C42H45N3O2/c1-7-43(8-2)31-23-21-30(22-24-31)42(25-15-18-32-36(42)27-47-41(32)46)26-35(39-28(5)44(9-3)37-19-13-11-16-33(37)39)40-29(6)45(10-4)38-20-14-12-17-34(38)40/h11-26,36H,7-10,27H2,1-6H3. The van der Waals surface area contributed by atoms with Gasteiger partial charge < -0.3 is 18.8 Å². The van der Waals surface area contributed by atoms with E-state index in [1.165, 1.54) is 55.6 Å². The number of aromatic nitrogens is 2. The molecule has 1 aliphatic heterocycles. The monoisotopic (exact) mass is 623 g/mol. The van der Waals surface area contributed by atoms with E-state index in [1.807, 2.05) is 6.08 Å². The smallest absolute Gasteiger partial charge is 0.334 e. The number of hydrogen-bond acceptors (Lipinski definition) is 3. The van der Waals surface area contributed by atoms with Gasteiger partial charge in [0.25, 0.3) is 0 Å². The van der Waals surface area contributed by atoms with Crippen LogP contribution < -0.4 is 4.90 Å². The summed E-state index contributed by atoms with van der Waals surface area (Å²) in [6.07, 6.45) is 8.81. The number of allylic oxidation sites excluding steroid dienone is 4. The van der Waals surface area contributed by atoms with Crippen molar-refractivity contribution in [1.82, 2.24) is 9.13 Å². The van der Waals surface area contributed by atoms with Crippen LogP contribution in [-0.2, 0) is 28.0 Å². The summed E-state index contributed by atoms with van der Waals surface area (Å²) >= 11 is 0. The van der Waals surface area contributed by atoms with Crippen LogP contribution in [0.1, 0.15) is 55.8 Å². The highest BCUT2D eigenvalue weighted by Crippen LogP contribution is 2.50. The zero-order valence-electron chi connectivity index (χ0n) is 28.5. The van der Waals surface area contributed by atoms with Crippen molar-refractivity contribution in [3.05, 3.63) is 131 Å². The van der Waals surface area contributed by atoms with Gasteiger partial charge in [-0.1, -0.05) is 72.8 Å². The summed E-state index contributed by atoms with van der Waals surface area (Å²) in [5, 5.41) is 2.49. The number of benzene rings is 3. The number of anilines is 1. The number of rotatable bonds is 9. The van der Waals surface area contributed by atoms with Gasteiger partial charge in [-0.15, -0.1) is 0 Å². The molecule has 5 heteroatoms. The zero-order valence-corrected chi connectivity index (χ0v) is 28.5. The van der Waals surface area contributed by atoms with E-state index in [-0.39, 0.29) is 11.9 Å². The number of para-hydroxylation sites is 2. The van der Waals surface area contributed by atoms with Crippen molar-refractivity contribution >= 4 is 39.0 Å². The van der Waals surface area contributed by atoms with E-state index in [2.05, 4.69) is 147 Å². The molecule has 5 aromatic rings. The van der Waals surface area contributed by atoms with E-state index < -0.39 is 5.41 Å². The fourth-order valence-electron chi connectivity index (χ4n) is 8.43. The molecule has 2 unspecified atom stereocenters. The maximum absolute atomic E-state index is 13.2. The predicted octanol–water partition coefficient (Wildman–Crippen LogP) is 9.14. The Kier molecular flexibility index (Phi) is 7.95. The summed E-state index contributed by atoms with van der Waals surface area (Å²) in [4.78, 5) is 15.5. The second-order valence-corrected chi connectivity index (χ2v) is 12.8. The van der Waals surface area contributed by atoms with Gasteiger partial charge in [0.1, 0.15) is 6.61 Å². The molecule has 2 aliphatic rings. The van der Waals surface area contributed by atoms with E-state index in [1.54, 1.807) is 0 Å². The summed E-state index contributed by atoms with van der Waals surface area (Å²) in [5.74, 6) is -0.357. The third-order valence-corrected chi connectivity index (χ3v) is 10.7. The molecule has 0 bridgehead atoms.